The predicted octanol–water partition coefficient (Wildman–Crippen LogP) is 2.85. The van der Waals surface area contributed by atoms with Gasteiger partial charge in [-0.15, -0.1) is 0 Å². The van der Waals surface area contributed by atoms with E-state index in [1.807, 2.05) is 12.1 Å². The first kappa shape index (κ1) is 11.7. The van der Waals surface area contributed by atoms with Gasteiger partial charge >= 0.3 is 0 Å². The molecule has 22 heavy (non-hydrogen) atoms. The SMILES string of the molecule is c1cc(-c2ncn[nH]2)c2nc(NC3CC3)c3cccn3c2c1. The van der Waals surface area contributed by atoms with Crippen LogP contribution in [0.5, 0.6) is 0 Å². The van der Waals surface area contributed by atoms with Gasteiger partial charge in [-0.05, 0) is 37.1 Å². The number of aromatic amines is 1. The van der Waals surface area contributed by atoms with E-state index >= 15 is 0 Å². The highest BCUT2D eigenvalue weighted by atomic mass is 15.2. The van der Waals surface area contributed by atoms with Crippen LogP contribution < -0.4 is 5.32 Å². The molecule has 0 spiro atoms. The number of benzene rings is 1. The van der Waals surface area contributed by atoms with Gasteiger partial charge in [-0.3, -0.25) is 5.10 Å². The van der Waals surface area contributed by atoms with Gasteiger partial charge in [0.2, 0.25) is 0 Å². The van der Waals surface area contributed by atoms with Crippen LogP contribution in [0.25, 0.3) is 27.9 Å². The summed E-state index contributed by atoms with van der Waals surface area (Å²) >= 11 is 0. The first-order valence-electron chi connectivity index (χ1n) is 7.42. The molecule has 1 aliphatic carbocycles. The highest BCUT2D eigenvalue weighted by Crippen LogP contribution is 2.31. The average Bonchev–Trinajstić information content (AvgIpc) is 3.05. The van der Waals surface area contributed by atoms with Gasteiger partial charge in [0, 0.05) is 17.8 Å². The smallest absolute Gasteiger partial charge is 0.157 e. The molecule has 5 rings (SSSR count). The fourth-order valence-corrected chi connectivity index (χ4v) is 2.85. The van der Waals surface area contributed by atoms with Crippen molar-refractivity contribution >= 4 is 22.4 Å². The highest BCUT2D eigenvalue weighted by molar-refractivity contribution is 5.94. The van der Waals surface area contributed by atoms with Gasteiger partial charge < -0.3 is 9.72 Å². The number of anilines is 1. The molecule has 0 aliphatic heterocycles. The quantitative estimate of drug-likeness (QED) is 0.608. The molecule has 3 heterocycles. The van der Waals surface area contributed by atoms with Crippen molar-refractivity contribution in [2.75, 3.05) is 5.32 Å². The number of hydrogen-bond acceptors (Lipinski definition) is 4. The fourth-order valence-electron chi connectivity index (χ4n) is 2.85. The number of fused-ring (bicyclic) bond motifs is 3. The lowest BCUT2D eigenvalue weighted by Crippen LogP contribution is -2.06. The normalized spacial score (nSPS) is 14.7. The van der Waals surface area contributed by atoms with Crippen LogP contribution in [0.15, 0.2) is 42.9 Å². The molecule has 1 aliphatic rings. The number of rotatable bonds is 3. The molecule has 108 valence electrons. The van der Waals surface area contributed by atoms with E-state index in [9.17, 15) is 0 Å². The Morgan fingerprint density at radius 2 is 2.05 bits per heavy atom. The van der Waals surface area contributed by atoms with E-state index in [1.54, 1.807) is 0 Å². The molecular formula is C16H14N6. The molecule has 4 aromatic rings. The Morgan fingerprint density at radius 1 is 1.14 bits per heavy atom. The van der Waals surface area contributed by atoms with E-state index in [4.69, 9.17) is 4.98 Å². The minimum Gasteiger partial charge on any atom is -0.366 e. The summed E-state index contributed by atoms with van der Waals surface area (Å²) < 4.78 is 2.17. The molecule has 1 saturated carbocycles. The Balaban J connectivity index is 1.85. The summed E-state index contributed by atoms with van der Waals surface area (Å²) in [7, 11) is 0. The van der Waals surface area contributed by atoms with Crippen molar-refractivity contribution in [3.8, 4) is 11.4 Å². The zero-order valence-electron chi connectivity index (χ0n) is 11.8. The largest absolute Gasteiger partial charge is 0.366 e. The maximum Gasteiger partial charge on any atom is 0.157 e. The lowest BCUT2D eigenvalue weighted by molar-refractivity contribution is 1.09. The van der Waals surface area contributed by atoms with E-state index in [1.165, 1.54) is 19.2 Å². The summed E-state index contributed by atoms with van der Waals surface area (Å²) in [5.41, 5.74) is 4.06. The van der Waals surface area contributed by atoms with Crippen molar-refractivity contribution < 1.29 is 0 Å². The van der Waals surface area contributed by atoms with Crippen molar-refractivity contribution in [3.05, 3.63) is 42.9 Å². The van der Waals surface area contributed by atoms with E-state index in [-0.39, 0.29) is 0 Å². The highest BCUT2D eigenvalue weighted by Gasteiger charge is 2.23. The summed E-state index contributed by atoms with van der Waals surface area (Å²) in [6.07, 6.45) is 6.03. The summed E-state index contributed by atoms with van der Waals surface area (Å²) in [4.78, 5) is 9.16. The molecule has 6 heteroatoms. The third kappa shape index (κ3) is 1.70. The van der Waals surface area contributed by atoms with Crippen LogP contribution in [0.3, 0.4) is 0 Å². The van der Waals surface area contributed by atoms with Crippen LogP contribution in [0.4, 0.5) is 5.82 Å². The Kier molecular flexibility index (Phi) is 2.29. The minimum atomic E-state index is 0.557. The number of nitrogens with one attached hydrogen (secondary N) is 2. The topological polar surface area (TPSA) is 70.9 Å². The van der Waals surface area contributed by atoms with Crippen molar-refractivity contribution in [2.45, 2.75) is 18.9 Å². The lowest BCUT2D eigenvalue weighted by atomic mass is 10.1. The Morgan fingerprint density at radius 3 is 2.86 bits per heavy atom. The Bertz CT molecular complexity index is 965. The standard InChI is InChI=1S/C16H14N6/c1-3-11(15-17-9-18-21-15)14-12(4-1)22-8-2-5-13(22)16(20-14)19-10-6-7-10/h1-5,8-10H,6-7H2,(H,19,20)(H,17,18,21). The summed E-state index contributed by atoms with van der Waals surface area (Å²) in [5, 5.41) is 10.4. The van der Waals surface area contributed by atoms with Crippen LogP contribution in [0.2, 0.25) is 0 Å². The fraction of sp³-hybridized carbons (Fsp3) is 0.188. The second-order valence-corrected chi connectivity index (χ2v) is 5.65. The minimum absolute atomic E-state index is 0.557. The number of para-hydroxylation sites is 1. The van der Waals surface area contributed by atoms with Gasteiger partial charge in [0.25, 0.3) is 0 Å². The van der Waals surface area contributed by atoms with E-state index in [2.05, 4.69) is 49.3 Å². The van der Waals surface area contributed by atoms with Gasteiger partial charge in [0.05, 0.1) is 11.0 Å². The van der Waals surface area contributed by atoms with Gasteiger partial charge in [0.1, 0.15) is 11.8 Å². The zero-order valence-corrected chi connectivity index (χ0v) is 11.8. The van der Waals surface area contributed by atoms with Crippen molar-refractivity contribution in [3.63, 3.8) is 0 Å². The van der Waals surface area contributed by atoms with Crippen LogP contribution in [-0.2, 0) is 0 Å². The summed E-state index contributed by atoms with van der Waals surface area (Å²) in [6.45, 7) is 0. The molecule has 3 aromatic heterocycles. The average molecular weight is 290 g/mol. The van der Waals surface area contributed by atoms with E-state index in [0.29, 0.717) is 6.04 Å². The molecule has 0 atom stereocenters. The zero-order chi connectivity index (χ0) is 14.5. The third-order valence-electron chi connectivity index (χ3n) is 4.08. The maximum absolute atomic E-state index is 4.89. The van der Waals surface area contributed by atoms with Crippen molar-refractivity contribution in [2.24, 2.45) is 0 Å². The van der Waals surface area contributed by atoms with Gasteiger partial charge in [-0.2, -0.15) is 5.10 Å². The summed E-state index contributed by atoms with van der Waals surface area (Å²) in [6, 6.07) is 10.8. The molecule has 0 saturated heterocycles. The molecule has 0 bridgehead atoms. The third-order valence-corrected chi connectivity index (χ3v) is 4.08. The molecule has 0 amide bonds. The van der Waals surface area contributed by atoms with Crippen LogP contribution >= 0.6 is 0 Å². The second-order valence-electron chi connectivity index (χ2n) is 5.65. The predicted molar refractivity (Wildman–Crippen MR) is 84.7 cm³/mol. The van der Waals surface area contributed by atoms with Crippen LogP contribution in [0, 0.1) is 0 Å². The van der Waals surface area contributed by atoms with Gasteiger partial charge in [0.15, 0.2) is 11.6 Å². The molecule has 0 radical (unpaired) electrons. The molecule has 2 N–H and O–H groups in total. The Hall–Kier alpha value is -2.89. The van der Waals surface area contributed by atoms with E-state index in [0.717, 1.165) is 33.8 Å². The van der Waals surface area contributed by atoms with Gasteiger partial charge in [-0.25, -0.2) is 9.97 Å². The van der Waals surface area contributed by atoms with Crippen molar-refractivity contribution in [1.29, 1.82) is 0 Å². The monoisotopic (exact) mass is 290 g/mol. The first-order chi connectivity index (χ1) is 10.9. The molecule has 1 aromatic carbocycles. The first-order valence-corrected chi connectivity index (χ1v) is 7.42. The van der Waals surface area contributed by atoms with Gasteiger partial charge in [-0.1, -0.05) is 6.07 Å². The lowest BCUT2D eigenvalue weighted by Gasteiger charge is -2.11. The van der Waals surface area contributed by atoms with Crippen LogP contribution in [0.1, 0.15) is 12.8 Å². The van der Waals surface area contributed by atoms with Crippen molar-refractivity contribution in [1.82, 2.24) is 24.6 Å². The number of H-pyrrole nitrogens is 1. The summed E-state index contributed by atoms with van der Waals surface area (Å²) in [5.74, 6) is 1.67. The molecule has 6 nitrogen and oxygen atoms in total. The number of hydrogen-bond donors (Lipinski definition) is 2. The molecular weight excluding hydrogens is 276 g/mol. The van der Waals surface area contributed by atoms with Crippen LogP contribution in [-0.4, -0.2) is 30.6 Å². The Labute approximate surface area is 126 Å². The second kappa shape index (κ2) is 4.30. The maximum atomic E-state index is 4.89. The van der Waals surface area contributed by atoms with E-state index < -0.39 is 0 Å². The molecule has 1 fully saturated rings. The number of nitrogens with zero attached hydrogens (tertiary/aromatic N) is 4. The number of aromatic nitrogens is 5. The molecule has 0 unspecified atom stereocenters.